The number of rotatable bonds is 4. The molecule has 1 heterocycles. The summed E-state index contributed by atoms with van der Waals surface area (Å²) < 4.78 is 11.8. The van der Waals surface area contributed by atoms with Gasteiger partial charge < -0.3 is 9.26 Å². The molecule has 0 saturated heterocycles. The van der Waals surface area contributed by atoms with Gasteiger partial charge in [-0.1, -0.05) is 33.2 Å². The van der Waals surface area contributed by atoms with Crippen LogP contribution in [0.2, 0.25) is 0 Å². The summed E-state index contributed by atoms with van der Waals surface area (Å²) in [5.74, 6) is 1.95. The van der Waals surface area contributed by atoms with Crippen LogP contribution in [0.1, 0.15) is 11.5 Å². The minimum absolute atomic E-state index is 0.536. The molecule has 0 atom stereocenters. The van der Waals surface area contributed by atoms with E-state index in [0.29, 0.717) is 18.3 Å². The molecule has 0 spiro atoms. The van der Waals surface area contributed by atoms with Crippen LogP contribution in [0.15, 0.2) is 57.5 Å². The molecule has 3 aromatic rings. The number of ether oxygens (including phenoxy) is 1. The SMILES string of the molecule is Cc1nc(-c2ccc(OCc3ccc(Br)cc3)cc2)no1. The lowest BCUT2D eigenvalue weighted by molar-refractivity contribution is 0.306. The maximum absolute atomic E-state index is 5.75. The summed E-state index contributed by atoms with van der Waals surface area (Å²) in [6.07, 6.45) is 0. The van der Waals surface area contributed by atoms with Gasteiger partial charge in [0.2, 0.25) is 11.7 Å². The summed E-state index contributed by atoms with van der Waals surface area (Å²) in [4.78, 5) is 4.19. The van der Waals surface area contributed by atoms with Gasteiger partial charge in [0.05, 0.1) is 0 Å². The molecule has 1 aromatic heterocycles. The molecule has 3 rings (SSSR count). The predicted octanol–water partition coefficient (Wildman–Crippen LogP) is 4.39. The predicted molar refractivity (Wildman–Crippen MR) is 82.9 cm³/mol. The molecule has 0 saturated carbocycles. The third kappa shape index (κ3) is 3.49. The van der Waals surface area contributed by atoms with Crippen molar-refractivity contribution in [2.24, 2.45) is 0 Å². The molecule has 0 N–H and O–H groups in total. The van der Waals surface area contributed by atoms with E-state index in [4.69, 9.17) is 9.26 Å². The zero-order valence-corrected chi connectivity index (χ0v) is 13.0. The molecule has 0 radical (unpaired) electrons. The highest BCUT2D eigenvalue weighted by atomic mass is 79.9. The number of halogens is 1. The van der Waals surface area contributed by atoms with Crippen molar-refractivity contribution in [3.05, 3.63) is 64.5 Å². The van der Waals surface area contributed by atoms with Gasteiger partial charge in [0, 0.05) is 17.0 Å². The fourth-order valence-corrected chi connectivity index (χ4v) is 2.13. The van der Waals surface area contributed by atoms with Crippen molar-refractivity contribution in [2.45, 2.75) is 13.5 Å². The number of benzene rings is 2. The number of aryl methyl sites for hydroxylation is 1. The second-order valence-corrected chi connectivity index (χ2v) is 5.49. The van der Waals surface area contributed by atoms with Crippen molar-refractivity contribution in [1.29, 1.82) is 0 Å². The molecule has 21 heavy (non-hydrogen) atoms. The van der Waals surface area contributed by atoms with Crippen LogP contribution >= 0.6 is 15.9 Å². The molecule has 0 amide bonds. The first kappa shape index (κ1) is 13.8. The number of aromatic nitrogens is 2. The molecule has 4 nitrogen and oxygen atoms in total. The Kier molecular flexibility index (Phi) is 4.01. The van der Waals surface area contributed by atoms with Crippen molar-refractivity contribution in [1.82, 2.24) is 10.1 Å². The largest absolute Gasteiger partial charge is 0.489 e. The van der Waals surface area contributed by atoms with Gasteiger partial charge in [0.15, 0.2) is 0 Å². The lowest BCUT2D eigenvalue weighted by atomic mass is 10.2. The molecule has 2 aromatic carbocycles. The molecule has 0 aliphatic rings. The van der Waals surface area contributed by atoms with E-state index in [0.717, 1.165) is 21.3 Å². The minimum atomic E-state index is 0.536. The summed E-state index contributed by atoms with van der Waals surface area (Å²) in [7, 11) is 0. The van der Waals surface area contributed by atoms with E-state index in [1.165, 1.54) is 0 Å². The van der Waals surface area contributed by atoms with Crippen LogP contribution < -0.4 is 4.74 Å². The van der Waals surface area contributed by atoms with Gasteiger partial charge >= 0.3 is 0 Å². The van der Waals surface area contributed by atoms with Gasteiger partial charge in [-0.05, 0) is 42.0 Å². The fourth-order valence-electron chi connectivity index (χ4n) is 1.86. The lowest BCUT2D eigenvalue weighted by Gasteiger charge is -2.06. The van der Waals surface area contributed by atoms with E-state index < -0.39 is 0 Å². The van der Waals surface area contributed by atoms with Crippen molar-refractivity contribution in [2.75, 3.05) is 0 Å². The molecule has 0 unspecified atom stereocenters. The second-order valence-electron chi connectivity index (χ2n) is 4.58. The quantitative estimate of drug-likeness (QED) is 0.704. The smallest absolute Gasteiger partial charge is 0.223 e. The first-order valence-corrected chi connectivity index (χ1v) is 7.28. The Morgan fingerprint density at radius 1 is 1.05 bits per heavy atom. The highest BCUT2D eigenvalue weighted by Crippen LogP contribution is 2.21. The maximum Gasteiger partial charge on any atom is 0.223 e. The zero-order valence-electron chi connectivity index (χ0n) is 11.4. The highest BCUT2D eigenvalue weighted by Gasteiger charge is 2.05. The van der Waals surface area contributed by atoms with E-state index in [1.807, 2.05) is 48.5 Å². The summed E-state index contributed by atoms with van der Waals surface area (Å²) in [5, 5.41) is 3.89. The topological polar surface area (TPSA) is 48.2 Å². The Morgan fingerprint density at radius 2 is 1.76 bits per heavy atom. The van der Waals surface area contributed by atoms with Gasteiger partial charge in [0.1, 0.15) is 12.4 Å². The normalized spacial score (nSPS) is 10.6. The average Bonchev–Trinajstić information content (AvgIpc) is 2.94. The van der Waals surface area contributed by atoms with Crippen molar-refractivity contribution >= 4 is 15.9 Å². The molecular weight excluding hydrogens is 332 g/mol. The van der Waals surface area contributed by atoms with Crippen LogP contribution in [0.5, 0.6) is 5.75 Å². The Morgan fingerprint density at radius 3 is 2.38 bits per heavy atom. The van der Waals surface area contributed by atoms with Gasteiger partial charge in [0.25, 0.3) is 0 Å². The van der Waals surface area contributed by atoms with E-state index >= 15 is 0 Å². The van der Waals surface area contributed by atoms with E-state index in [-0.39, 0.29) is 0 Å². The van der Waals surface area contributed by atoms with Crippen LogP contribution in [0.3, 0.4) is 0 Å². The summed E-state index contributed by atoms with van der Waals surface area (Å²) in [5.41, 5.74) is 2.03. The van der Waals surface area contributed by atoms with Crippen molar-refractivity contribution in [3.63, 3.8) is 0 Å². The average molecular weight is 345 g/mol. The summed E-state index contributed by atoms with van der Waals surface area (Å²) in [6, 6.07) is 15.7. The van der Waals surface area contributed by atoms with E-state index in [2.05, 4.69) is 26.1 Å². The molecule has 0 aliphatic heterocycles. The maximum atomic E-state index is 5.75. The fraction of sp³-hybridized carbons (Fsp3) is 0.125. The van der Waals surface area contributed by atoms with Crippen LogP contribution in [-0.2, 0) is 6.61 Å². The zero-order chi connectivity index (χ0) is 14.7. The Balaban J connectivity index is 1.65. The summed E-state index contributed by atoms with van der Waals surface area (Å²) in [6.45, 7) is 2.31. The Labute approximate surface area is 130 Å². The third-order valence-corrected chi connectivity index (χ3v) is 3.49. The van der Waals surface area contributed by atoms with Crippen LogP contribution in [0, 0.1) is 6.92 Å². The molecule has 0 bridgehead atoms. The molecule has 5 heteroatoms. The van der Waals surface area contributed by atoms with Crippen LogP contribution in [0.25, 0.3) is 11.4 Å². The van der Waals surface area contributed by atoms with Crippen molar-refractivity contribution in [3.8, 4) is 17.1 Å². The highest BCUT2D eigenvalue weighted by molar-refractivity contribution is 9.10. The first-order valence-electron chi connectivity index (χ1n) is 6.49. The van der Waals surface area contributed by atoms with Gasteiger partial charge in [-0.3, -0.25) is 0 Å². The molecule has 0 aliphatic carbocycles. The van der Waals surface area contributed by atoms with Gasteiger partial charge in [-0.15, -0.1) is 0 Å². The van der Waals surface area contributed by atoms with E-state index in [9.17, 15) is 0 Å². The van der Waals surface area contributed by atoms with Crippen LogP contribution in [0.4, 0.5) is 0 Å². The van der Waals surface area contributed by atoms with Crippen molar-refractivity contribution < 1.29 is 9.26 Å². The lowest BCUT2D eigenvalue weighted by Crippen LogP contribution is -1.95. The van der Waals surface area contributed by atoms with Gasteiger partial charge in [-0.2, -0.15) is 4.98 Å². The third-order valence-electron chi connectivity index (χ3n) is 2.96. The molecule has 106 valence electrons. The van der Waals surface area contributed by atoms with E-state index in [1.54, 1.807) is 6.92 Å². The Hall–Kier alpha value is -2.14. The number of hydrogen-bond donors (Lipinski definition) is 0. The first-order chi connectivity index (χ1) is 10.2. The minimum Gasteiger partial charge on any atom is -0.489 e. The number of nitrogens with zero attached hydrogens (tertiary/aromatic N) is 2. The Bertz CT molecular complexity index is 721. The standard InChI is InChI=1S/C16H13BrN2O2/c1-11-18-16(19-21-11)13-4-8-15(9-5-13)20-10-12-2-6-14(17)7-3-12/h2-9H,10H2,1H3. The monoisotopic (exact) mass is 344 g/mol. The van der Waals surface area contributed by atoms with Crippen LogP contribution in [-0.4, -0.2) is 10.1 Å². The number of hydrogen-bond acceptors (Lipinski definition) is 4. The van der Waals surface area contributed by atoms with Gasteiger partial charge in [-0.25, -0.2) is 0 Å². The summed E-state index contributed by atoms with van der Waals surface area (Å²) >= 11 is 3.41. The second kappa shape index (κ2) is 6.10. The molecule has 0 fully saturated rings. The molecular formula is C16H13BrN2O2.